The molecule has 2 rings (SSSR count). The topological polar surface area (TPSA) is 84.5 Å². The van der Waals surface area contributed by atoms with E-state index in [0.717, 1.165) is 24.8 Å². The van der Waals surface area contributed by atoms with E-state index in [9.17, 15) is 14.4 Å². The average Bonchev–Trinajstić information content (AvgIpc) is 2.63. The number of benzene rings is 1. The summed E-state index contributed by atoms with van der Waals surface area (Å²) in [5, 5.41) is 5.46. The van der Waals surface area contributed by atoms with Gasteiger partial charge in [0.05, 0.1) is 0 Å². The molecule has 0 aliphatic heterocycles. The lowest BCUT2D eigenvalue weighted by Crippen LogP contribution is -2.46. The summed E-state index contributed by atoms with van der Waals surface area (Å²) < 4.78 is 5.29. The highest BCUT2D eigenvalue weighted by atomic mass is 16.5. The third-order valence-electron chi connectivity index (χ3n) is 4.73. The second-order valence-electron chi connectivity index (χ2n) is 7.07. The van der Waals surface area contributed by atoms with Crippen LogP contribution in [0.4, 0.5) is 0 Å². The Balaban J connectivity index is 2.01. The zero-order valence-corrected chi connectivity index (χ0v) is 16.2. The first-order valence-electron chi connectivity index (χ1n) is 9.42. The summed E-state index contributed by atoms with van der Waals surface area (Å²) >= 11 is 0. The van der Waals surface area contributed by atoms with Crippen LogP contribution in [0.15, 0.2) is 36.0 Å². The van der Waals surface area contributed by atoms with E-state index < -0.39 is 12.1 Å². The molecule has 0 radical (unpaired) electrons. The van der Waals surface area contributed by atoms with Gasteiger partial charge in [-0.05, 0) is 37.3 Å². The molecule has 1 saturated carbocycles. The first-order valence-corrected chi connectivity index (χ1v) is 9.42. The fraction of sp³-hybridized carbons (Fsp3) is 0.476. The molecule has 2 N–H and O–H groups in total. The molecule has 0 spiro atoms. The molecule has 146 valence electrons. The summed E-state index contributed by atoms with van der Waals surface area (Å²) in [6.07, 6.45) is 4.89. The predicted molar refractivity (Wildman–Crippen MR) is 103 cm³/mol. The number of hydrogen-bond acceptors (Lipinski definition) is 4. The Morgan fingerprint density at radius 2 is 1.81 bits per heavy atom. The zero-order valence-electron chi connectivity index (χ0n) is 16.2. The molecule has 3 atom stereocenters. The van der Waals surface area contributed by atoms with Gasteiger partial charge in [-0.1, -0.05) is 50.1 Å². The van der Waals surface area contributed by atoms with Gasteiger partial charge in [0.2, 0.25) is 5.91 Å². The number of amides is 2. The van der Waals surface area contributed by atoms with Crippen LogP contribution in [0.3, 0.4) is 0 Å². The summed E-state index contributed by atoms with van der Waals surface area (Å²) in [6.45, 7) is 4.97. The second-order valence-corrected chi connectivity index (χ2v) is 7.07. The standard InChI is InChI=1S/C21H28N2O4/c1-14-9-7-8-12-18(14)23-20(25)15(2)27-21(26)19(22-16(3)24)13-17-10-5-4-6-11-17/h4-6,10-11,13-15,18H,7-9,12H2,1-3H3,(H,22,24)(H,23,25)/b19-13-/t14-,15+,18+/m0/s1. The van der Waals surface area contributed by atoms with Crippen molar-refractivity contribution in [2.75, 3.05) is 0 Å². The minimum atomic E-state index is -0.945. The first-order chi connectivity index (χ1) is 12.9. The van der Waals surface area contributed by atoms with Crippen molar-refractivity contribution in [3.05, 3.63) is 41.6 Å². The van der Waals surface area contributed by atoms with Crippen molar-refractivity contribution in [3.8, 4) is 0 Å². The summed E-state index contributed by atoms with van der Waals surface area (Å²) in [4.78, 5) is 36.3. The van der Waals surface area contributed by atoms with E-state index in [4.69, 9.17) is 4.74 Å². The van der Waals surface area contributed by atoms with Crippen LogP contribution in [0, 0.1) is 5.92 Å². The van der Waals surface area contributed by atoms with E-state index in [-0.39, 0.29) is 23.6 Å². The summed E-state index contributed by atoms with van der Waals surface area (Å²) in [6, 6.07) is 9.22. The maximum Gasteiger partial charge on any atom is 0.355 e. The number of esters is 1. The zero-order chi connectivity index (χ0) is 19.8. The van der Waals surface area contributed by atoms with Gasteiger partial charge in [0, 0.05) is 13.0 Å². The van der Waals surface area contributed by atoms with Crippen LogP contribution in [-0.4, -0.2) is 29.9 Å². The lowest BCUT2D eigenvalue weighted by Gasteiger charge is -2.30. The van der Waals surface area contributed by atoms with Gasteiger partial charge in [0.25, 0.3) is 5.91 Å². The van der Waals surface area contributed by atoms with E-state index in [1.165, 1.54) is 26.3 Å². The minimum absolute atomic E-state index is 0.000570. The number of ether oxygens (including phenoxy) is 1. The summed E-state index contributed by atoms with van der Waals surface area (Å²) in [5.41, 5.74) is 0.741. The maximum absolute atomic E-state index is 12.5. The van der Waals surface area contributed by atoms with Crippen LogP contribution in [0.1, 0.15) is 52.0 Å². The summed E-state index contributed by atoms with van der Waals surface area (Å²) in [5.74, 6) is -1.03. The molecule has 2 amide bonds. The highest BCUT2D eigenvalue weighted by Gasteiger charge is 2.27. The fourth-order valence-corrected chi connectivity index (χ4v) is 3.16. The lowest BCUT2D eigenvalue weighted by atomic mass is 9.86. The average molecular weight is 372 g/mol. The van der Waals surface area contributed by atoms with E-state index >= 15 is 0 Å². The molecule has 0 unspecified atom stereocenters. The van der Waals surface area contributed by atoms with Gasteiger partial charge in [-0.2, -0.15) is 0 Å². The van der Waals surface area contributed by atoms with Crippen LogP contribution in [-0.2, 0) is 19.1 Å². The van der Waals surface area contributed by atoms with Crippen LogP contribution < -0.4 is 10.6 Å². The van der Waals surface area contributed by atoms with Gasteiger partial charge in [-0.3, -0.25) is 9.59 Å². The van der Waals surface area contributed by atoms with E-state index in [1.807, 2.05) is 18.2 Å². The van der Waals surface area contributed by atoms with Gasteiger partial charge in [-0.25, -0.2) is 4.79 Å². The van der Waals surface area contributed by atoms with Crippen molar-refractivity contribution in [1.29, 1.82) is 0 Å². The molecule has 1 aromatic rings. The largest absolute Gasteiger partial charge is 0.448 e. The second kappa shape index (κ2) is 9.90. The van der Waals surface area contributed by atoms with E-state index in [0.29, 0.717) is 5.92 Å². The van der Waals surface area contributed by atoms with Gasteiger partial charge < -0.3 is 15.4 Å². The van der Waals surface area contributed by atoms with E-state index in [1.54, 1.807) is 12.1 Å². The monoisotopic (exact) mass is 372 g/mol. The van der Waals surface area contributed by atoms with Crippen LogP contribution in [0.2, 0.25) is 0 Å². The molecule has 1 aliphatic carbocycles. The lowest BCUT2D eigenvalue weighted by molar-refractivity contribution is -0.152. The van der Waals surface area contributed by atoms with Crippen LogP contribution in [0.5, 0.6) is 0 Å². The SMILES string of the molecule is CC(=O)N/C(=C\c1ccccc1)C(=O)O[C@H](C)C(=O)N[C@@H]1CCCC[C@@H]1C. The van der Waals surface area contributed by atoms with Crippen molar-refractivity contribution >= 4 is 23.9 Å². The van der Waals surface area contributed by atoms with Gasteiger partial charge in [-0.15, -0.1) is 0 Å². The smallest absolute Gasteiger partial charge is 0.355 e. The molecule has 0 bridgehead atoms. The third kappa shape index (κ3) is 6.55. The molecular weight excluding hydrogens is 344 g/mol. The highest BCUT2D eigenvalue weighted by Crippen LogP contribution is 2.23. The summed E-state index contributed by atoms with van der Waals surface area (Å²) in [7, 11) is 0. The van der Waals surface area contributed by atoms with Crippen molar-refractivity contribution in [2.24, 2.45) is 5.92 Å². The Labute approximate surface area is 160 Å². The highest BCUT2D eigenvalue weighted by molar-refractivity contribution is 5.98. The van der Waals surface area contributed by atoms with Crippen LogP contribution in [0.25, 0.3) is 6.08 Å². The van der Waals surface area contributed by atoms with Crippen LogP contribution >= 0.6 is 0 Å². The first kappa shape index (κ1) is 20.7. The third-order valence-corrected chi connectivity index (χ3v) is 4.73. The predicted octanol–water partition coefficient (Wildman–Crippen LogP) is 2.79. The molecule has 1 aliphatic rings. The van der Waals surface area contributed by atoms with Gasteiger partial charge in [0.1, 0.15) is 5.70 Å². The Kier molecular flexibility index (Phi) is 7.58. The van der Waals surface area contributed by atoms with Crippen molar-refractivity contribution in [1.82, 2.24) is 10.6 Å². The maximum atomic E-state index is 12.5. The quantitative estimate of drug-likeness (QED) is 0.594. The Morgan fingerprint density at radius 3 is 2.44 bits per heavy atom. The fourth-order valence-electron chi connectivity index (χ4n) is 3.16. The number of rotatable bonds is 6. The van der Waals surface area contributed by atoms with Crippen molar-refractivity contribution < 1.29 is 19.1 Å². The number of hydrogen-bond donors (Lipinski definition) is 2. The number of carbonyl (C=O) groups excluding carboxylic acids is 3. The molecule has 0 aromatic heterocycles. The van der Waals surface area contributed by atoms with E-state index in [2.05, 4.69) is 17.6 Å². The number of carbonyl (C=O) groups is 3. The Bertz CT molecular complexity index is 699. The number of nitrogens with one attached hydrogen (secondary N) is 2. The molecule has 1 fully saturated rings. The normalized spacial score (nSPS) is 21.1. The molecule has 6 heteroatoms. The Hall–Kier alpha value is -2.63. The minimum Gasteiger partial charge on any atom is -0.448 e. The molecule has 1 aromatic carbocycles. The van der Waals surface area contributed by atoms with Gasteiger partial charge in [0.15, 0.2) is 6.10 Å². The van der Waals surface area contributed by atoms with Gasteiger partial charge >= 0.3 is 5.97 Å². The molecule has 0 heterocycles. The molecule has 0 saturated heterocycles. The molecule has 27 heavy (non-hydrogen) atoms. The molecular formula is C21H28N2O4. The van der Waals surface area contributed by atoms with Crippen molar-refractivity contribution in [3.63, 3.8) is 0 Å². The van der Waals surface area contributed by atoms with Crippen molar-refractivity contribution in [2.45, 2.75) is 58.6 Å². The molecule has 6 nitrogen and oxygen atoms in total. The Morgan fingerprint density at radius 1 is 1.15 bits per heavy atom.